The number of allylic oxidation sites excluding steroid dienone is 3. The summed E-state index contributed by atoms with van der Waals surface area (Å²) in [6.45, 7) is 0. The molecule has 0 fully saturated rings. The number of aromatic hydroxyl groups is 1. The monoisotopic (exact) mass is 478 g/mol. The molecule has 180 valence electrons. The number of ketones is 1. The van der Waals surface area contributed by atoms with Crippen molar-refractivity contribution in [1.82, 2.24) is 0 Å². The van der Waals surface area contributed by atoms with E-state index in [9.17, 15) is 24.6 Å². The molecule has 1 heterocycles. The molecule has 0 amide bonds. The smallest absolute Gasteiger partial charge is 0.338 e. The van der Waals surface area contributed by atoms with Crippen LogP contribution >= 0.6 is 0 Å². The molecular formula is C26H22O9. The second-order valence-electron chi connectivity index (χ2n) is 7.14. The van der Waals surface area contributed by atoms with Crippen LogP contribution in [-0.4, -0.2) is 43.3 Å². The minimum absolute atomic E-state index is 0.00163. The third kappa shape index (κ3) is 5.97. The average Bonchev–Trinajstić information content (AvgIpc) is 2.85. The van der Waals surface area contributed by atoms with Gasteiger partial charge in [-0.05, 0) is 47.5 Å². The van der Waals surface area contributed by atoms with Gasteiger partial charge in [-0.2, -0.15) is 0 Å². The summed E-state index contributed by atoms with van der Waals surface area (Å²) in [6.07, 6.45) is 6.55. The average molecular weight is 478 g/mol. The van der Waals surface area contributed by atoms with Gasteiger partial charge in [0.1, 0.15) is 5.76 Å². The molecule has 0 bridgehead atoms. The summed E-state index contributed by atoms with van der Waals surface area (Å²) in [4.78, 5) is 36.1. The van der Waals surface area contributed by atoms with Crippen LogP contribution in [0.4, 0.5) is 0 Å². The molecule has 2 aromatic carbocycles. The first-order valence-corrected chi connectivity index (χ1v) is 10.2. The Balaban J connectivity index is 1.86. The lowest BCUT2D eigenvalue weighted by molar-refractivity contribution is -0.110. The van der Waals surface area contributed by atoms with Crippen molar-refractivity contribution in [1.29, 1.82) is 0 Å². The van der Waals surface area contributed by atoms with Crippen molar-refractivity contribution in [3.63, 3.8) is 0 Å². The van der Waals surface area contributed by atoms with Crippen molar-refractivity contribution < 1.29 is 38.4 Å². The number of carbonyl (C=O) groups is 2. The molecule has 0 atom stereocenters. The van der Waals surface area contributed by atoms with Gasteiger partial charge in [0.25, 0.3) is 0 Å². The van der Waals surface area contributed by atoms with Crippen molar-refractivity contribution in [2.24, 2.45) is 0 Å². The maximum absolute atomic E-state index is 12.2. The number of aliphatic hydroxyl groups excluding tert-OH is 1. The van der Waals surface area contributed by atoms with Gasteiger partial charge in [-0.15, -0.1) is 0 Å². The van der Waals surface area contributed by atoms with Crippen LogP contribution in [0.1, 0.15) is 21.5 Å². The van der Waals surface area contributed by atoms with Crippen molar-refractivity contribution in [3.8, 4) is 17.2 Å². The Morgan fingerprint density at radius 1 is 0.914 bits per heavy atom. The largest absolute Gasteiger partial charge is 0.508 e. The summed E-state index contributed by atoms with van der Waals surface area (Å²) in [5.41, 5.74) is 0.444. The highest BCUT2D eigenvalue weighted by Crippen LogP contribution is 2.30. The quantitative estimate of drug-likeness (QED) is 0.162. The zero-order chi connectivity index (χ0) is 25.5. The number of esters is 1. The Bertz CT molecular complexity index is 1420. The SMILES string of the molecule is COC(=O)c1cc(=O)oc2c(OC)cc(/C=C/C(O)=C/C(=O)/C=C/c3ccc(O)c(OC)c3)cc12. The van der Waals surface area contributed by atoms with E-state index in [1.54, 1.807) is 18.2 Å². The number of benzene rings is 2. The fourth-order valence-electron chi connectivity index (χ4n) is 3.18. The highest BCUT2D eigenvalue weighted by Gasteiger charge is 2.17. The molecule has 3 aromatic rings. The van der Waals surface area contributed by atoms with Crippen LogP contribution in [0.5, 0.6) is 17.2 Å². The Hall–Kier alpha value is -4.79. The maximum Gasteiger partial charge on any atom is 0.338 e. The number of methoxy groups -OCH3 is 3. The van der Waals surface area contributed by atoms with Crippen molar-refractivity contribution >= 4 is 34.9 Å². The topological polar surface area (TPSA) is 133 Å². The highest BCUT2D eigenvalue weighted by molar-refractivity contribution is 6.05. The molecule has 9 heteroatoms. The summed E-state index contributed by atoms with van der Waals surface area (Å²) in [6, 6.07) is 8.71. The fraction of sp³-hybridized carbons (Fsp3) is 0.115. The van der Waals surface area contributed by atoms with Crippen molar-refractivity contribution in [2.75, 3.05) is 21.3 Å². The first-order valence-electron chi connectivity index (χ1n) is 10.2. The van der Waals surface area contributed by atoms with E-state index in [0.29, 0.717) is 11.1 Å². The predicted octanol–water partition coefficient (Wildman–Crippen LogP) is 4.04. The third-order valence-corrected chi connectivity index (χ3v) is 4.84. The minimum atomic E-state index is -0.739. The van der Waals surface area contributed by atoms with Gasteiger partial charge in [-0.3, -0.25) is 4.79 Å². The molecule has 9 nitrogen and oxygen atoms in total. The Morgan fingerprint density at radius 2 is 1.60 bits per heavy atom. The molecule has 2 N–H and O–H groups in total. The molecule has 0 aliphatic rings. The molecule has 0 aliphatic heterocycles. The van der Waals surface area contributed by atoms with Crippen LogP contribution in [0, 0.1) is 0 Å². The molecule has 1 aromatic heterocycles. The van der Waals surface area contributed by atoms with Crippen LogP contribution in [0.3, 0.4) is 0 Å². The molecule has 3 rings (SSSR count). The zero-order valence-electron chi connectivity index (χ0n) is 19.1. The van der Waals surface area contributed by atoms with Crippen LogP contribution in [0.2, 0.25) is 0 Å². The predicted molar refractivity (Wildman–Crippen MR) is 129 cm³/mol. The summed E-state index contributed by atoms with van der Waals surface area (Å²) < 4.78 is 20.2. The maximum atomic E-state index is 12.2. The van der Waals surface area contributed by atoms with E-state index in [-0.39, 0.29) is 39.5 Å². The standard InChI is InChI=1S/C26H22O9/c1-32-22-11-15(6-9-21(22)29)4-7-17(27)13-18(28)8-5-16-10-19-20(26(31)34-3)14-24(30)35-25(19)23(12-16)33-2/h4-14,28-29H,1-3H3/b7-4+,8-5+,18-13-. The van der Waals surface area contributed by atoms with Gasteiger partial charge < -0.3 is 28.8 Å². The number of aliphatic hydroxyl groups is 1. The van der Waals surface area contributed by atoms with E-state index in [0.717, 1.165) is 12.1 Å². The summed E-state index contributed by atoms with van der Waals surface area (Å²) in [5, 5.41) is 20.1. The molecule has 0 aliphatic carbocycles. The summed E-state index contributed by atoms with van der Waals surface area (Å²) in [7, 11) is 3.98. The number of fused-ring (bicyclic) bond motifs is 1. The van der Waals surface area contributed by atoms with Crippen LogP contribution < -0.4 is 15.1 Å². The minimum Gasteiger partial charge on any atom is -0.508 e. The fourth-order valence-corrected chi connectivity index (χ4v) is 3.18. The van der Waals surface area contributed by atoms with Gasteiger partial charge >= 0.3 is 11.6 Å². The van der Waals surface area contributed by atoms with E-state index < -0.39 is 17.4 Å². The number of phenolic OH excluding ortho intramolecular Hbond substituents is 1. The van der Waals surface area contributed by atoms with Gasteiger partial charge in [-0.25, -0.2) is 9.59 Å². The van der Waals surface area contributed by atoms with E-state index >= 15 is 0 Å². The van der Waals surface area contributed by atoms with Crippen LogP contribution in [0.25, 0.3) is 23.1 Å². The molecular weight excluding hydrogens is 456 g/mol. The van der Waals surface area contributed by atoms with E-state index in [2.05, 4.69) is 0 Å². The number of carbonyl (C=O) groups excluding carboxylic acids is 2. The molecule has 0 saturated heterocycles. The number of rotatable bonds is 8. The normalized spacial score (nSPS) is 11.8. The Labute approximate surface area is 199 Å². The van der Waals surface area contributed by atoms with Crippen LogP contribution in [-0.2, 0) is 9.53 Å². The van der Waals surface area contributed by atoms with Crippen molar-refractivity contribution in [2.45, 2.75) is 0 Å². The van der Waals surface area contributed by atoms with Gasteiger partial charge in [0.05, 0.1) is 26.9 Å². The van der Waals surface area contributed by atoms with Gasteiger partial charge in [0, 0.05) is 17.5 Å². The van der Waals surface area contributed by atoms with E-state index in [1.807, 2.05) is 0 Å². The zero-order valence-corrected chi connectivity index (χ0v) is 19.1. The summed E-state index contributed by atoms with van der Waals surface area (Å²) in [5.74, 6) is -1.10. The second-order valence-corrected chi connectivity index (χ2v) is 7.14. The lowest BCUT2D eigenvalue weighted by atomic mass is 10.1. The van der Waals surface area contributed by atoms with Crippen molar-refractivity contribution in [3.05, 3.63) is 87.5 Å². The lowest BCUT2D eigenvalue weighted by Crippen LogP contribution is -2.08. The third-order valence-electron chi connectivity index (χ3n) is 4.84. The molecule has 35 heavy (non-hydrogen) atoms. The van der Waals surface area contributed by atoms with Gasteiger partial charge in [0.2, 0.25) is 0 Å². The number of phenols is 1. The van der Waals surface area contributed by atoms with Crippen LogP contribution in [0.15, 0.2) is 69.6 Å². The van der Waals surface area contributed by atoms with E-state index in [1.165, 1.54) is 57.8 Å². The first kappa shape index (κ1) is 24.8. The number of hydrogen-bond donors (Lipinski definition) is 2. The molecule has 0 saturated carbocycles. The first-order chi connectivity index (χ1) is 16.7. The van der Waals surface area contributed by atoms with Gasteiger partial charge in [0.15, 0.2) is 28.6 Å². The summed E-state index contributed by atoms with van der Waals surface area (Å²) >= 11 is 0. The molecule has 0 spiro atoms. The number of hydrogen-bond acceptors (Lipinski definition) is 9. The second kappa shape index (κ2) is 10.9. The molecule has 0 unspecified atom stereocenters. The Kier molecular flexibility index (Phi) is 7.73. The number of ether oxygens (including phenoxy) is 3. The lowest BCUT2D eigenvalue weighted by Gasteiger charge is -2.09. The van der Waals surface area contributed by atoms with Gasteiger partial charge in [-0.1, -0.05) is 18.2 Å². The van der Waals surface area contributed by atoms with E-state index in [4.69, 9.17) is 18.6 Å². The molecule has 0 radical (unpaired) electrons. The Morgan fingerprint density at radius 3 is 2.29 bits per heavy atom. The highest BCUT2D eigenvalue weighted by atomic mass is 16.5.